The number of halogens is 3. The zero-order valence-electron chi connectivity index (χ0n) is 16.8. The Hall–Kier alpha value is -3.11. The molecule has 3 N–H and O–H groups in total. The molecule has 1 aromatic carbocycles. The smallest absolute Gasteiger partial charge is 0.366 e. The molecule has 31 heavy (non-hydrogen) atoms. The lowest BCUT2D eigenvalue weighted by atomic mass is 10.0. The van der Waals surface area contributed by atoms with Crippen molar-refractivity contribution < 1.29 is 27.6 Å². The normalized spacial score (nSPS) is 21.7. The number of carbonyl (C=O) groups excluding carboxylic acids is 3. The first kappa shape index (κ1) is 21.1. The number of nitrogens with two attached hydrogens (primary N) is 1. The highest BCUT2D eigenvalue weighted by Crippen LogP contribution is 2.46. The summed E-state index contributed by atoms with van der Waals surface area (Å²) < 4.78 is 44.1. The van der Waals surface area contributed by atoms with E-state index in [9.17, 15) is 27.6 Å². The second-order valence-corrected chi connectivity index (χ2v) is 8.09. The minimum atomic E-state index is -5.16. The summed E-state index contributed by atoms with van der Waals surface area (Å²) in [6.07, 6.45) is -0.815. The van der Waals surface area contributed by atoms with Crippen molar-refractivity contribution in [1.29, 1.82) is 0 Å². The number of rotatable bonds is 5. The van der Waals surface area contributed by atoms with Crippen LogP contribution < -0.4 is 16.0 Å². The number of anilines is 1. The molecule has 3 amide bonds. The molecular formula is C20H22F3N5O3. The maximum atomic E-state index is 14.5. The lowest BCUT2D eigenvalue weighted by Crippen LogP contribution is -2.64. The SMILES string of the molecule is CN1C(=O)C(NC(=O)CCC2CCCC2)(C(F)(F)F)n2c1nc1c(C(N)=O)cccc12. The Bertz CT molecular complexity index is 1070. The number of likely N-dealkylation sites (N-methyl/N-ethyl adjacent to an activating group) is 1. The number of imidazole rings is 1. The third-order valence-electron chi connectivity index (χ3n) is 6.17. The Morgan fingerprint density at radius 3 is 2.58 bits per heavy atom. The maximum absolute atomic E-state index is 14.5. The van der Waals surface area contributed by atoms with E-state index in [4.69, 9.17) is 5.73 Å². The molecule has 1 atom stereocenters. The van der Waals surface area contributed by atoms with Gasteiger partial charge in [0, 0.05) is 13.5 Å². The molecule has 1 aromatic heterocycles. The van der Waals surface area contributed by atoms with Crippen molar-refractivity contribution in [2.24, 2.45) is 11.7 Å². The highest BCUT2D eigenvalue weighted by atomic mass is 19.4. The molecule has 166 valence electrons. The Labute approximate surface area is 175 Å². The van der Waals surface area contributed by atoms with Crippen molar-refractivity contribution in [3.63, 3.8) is 0 Å². The van der Waals surface area contributed by atoms with Gasteiger partial charge in [-0.25, -0.2) is 4.98 Å². The van der Waals surface area contributed by atoms with Gasteiger partial charge in [-0.15, -0.1) is 0 Å². The van der Waals surface area contributed by atoms with Crippen molar-refractivity contribution in [2.75, 3.05) is 11.9 Å². The van der Waals surface area contributed by atoms with E-state index in [1.54, 1.807) is 0 Å². The predicted molar refractivity (Wildman–Crippen MR) is 105 cm³/mol. The standard InChI is InChI=1S/C20H22F3N5O3/c1-27-17(31)19(20(21,22)23,26-14(29)10-9-11-5-2-3-6-11)28-13-8-4-7-12(16(24)30)15(13)25-18(27)28/h4,7-8,11H,2-3,5-6,9-10H2,1H3,(H2,24,30)(H,26,29). The van der Waals surface area contributed by atoms with E-state index in [2.05, 4.69) is 4.98 Å². The minimum Gasteiger partial charge on any atom is -0.366 e. The van der Waals surface area contributed by atoms with Gasteiger partial charge < -0.3 is 11.1 Å². The van der Waals surface area contributed by atoms with Crippen LogP contribution in [0.25, 0.3) is 11.0 Å². The minimum absolute atomic E-state index is 0.0711. The number of amides is 3. The summed E-state index contributed by atoms with van der Waals surface area (Å²) in [4.78, 5) is 42.1. The van der Waals surface area contributed by atoms with Gasteiger partial charge in [0.05, 0.1) is 11.1 Å². The monoisotopic (exact) mass is 437 g/mol. The van der Waals surface area contributed by atoms with Gasteiger partial charge in [-0.1, -0.05) is 31.7 Å². The number of carbonyl (C=O) groups is 3. The van der Waals surface area contributed by atoms with Gasteiger partial charge in [0.1, 0.15) is 5.52 Å². The van der Waals surface area contributed by atoms with E-state index in [1.807, 2.05) is 5.32 Å². The highest BCUT2D eigenvalue weighted by molar-refractivity contribution is 6.10. The zero-order chi connectivity index (χ0) is 22.6. The quantitative estimate of drug-likeness (QED) is 0.748. The van der Waals surface area contributed by atoms with E-state index >= 15 is 0 Å². The number of nitrogens with zero attached hydrogens (tertiary/aromatic N) is 3. The van der Waals surface area contributed by atoms with Crippen LogP contribution in [-0.2, 0) is 15.3 Å². The van der Waals surface area contributed by atoms with Gasteiger partial charge in [0.15, 0.2) is 0 Å². The first-order valence-corrected chi connectivity index (χ1v) is 10.1. The molecule has 2 aliphatic rings. The van der Waals surface area contributed by atoms with Crippen molar-refractivity contribution in [3.8, 4) is 0 Å². The molecule has 1 aliphatic heterocycles. The Kier molecular flexibility index (Phi) is 4.94. The second-order valence-electron chi connectivity index (χ2n) is 8.09. The molecule has 0 saturated heterocycles. The Balaban J connectivity index is 1.80. The molecule has 1 fully saturated rings. The lowest BCUT2D eigenvalue weighted by Gasteiger charge is -2.32. The van der Waals surface area contributed by atoms with Crippen molar-refractivity contribution >= 4 is 34.7 Å². The predicted octanol–water partition coefficient (Wildman–Crippen LogP) is 2.41. The zero-order valence-corrected chi connectivity index (χ0v) is 16.8. The molecular weight excluding hydrogens is 415 g/mol. The molecule has 2 aromatic rings. The number of nitrogens with one attached hydrogen (secondary N) is 1. The van der Waals surface area contributed by atoms with Crippen LogP contribution in [-0.4, -0.2) is 40.5 Å². The number of fused-ring (bicyclic) bond motifs is 3. The summed E-state index contributed by atoms with van der Waals surface area (Å²) >= 11 is 0. The van der Waals surface area contributed by atoms with Crippen LogP contribution >= 0.6 is 0 Å². The van der Waals surface area contributed by atoms with Gasteiger partial charge in [0.2, 0.25) is 11.9 Å². The summed E-state index contributed by atoms with van der Waals surface area (Å²) in [6, 6.07) is 3.99. The fourth-order valence-corrected chi connectivity index (χ4v) is 4.60. The van der Waals surface area contributed by atoms with Crippen molar-refractivity contribution in [1.82, 2.24) is 14.9 Å². The first-order chi connectivity index (χ1) is 14.6. The average Bonchev–Trinajstić information content (AvgIpc) is 3.39. The highest BCUT2D eigenvalue weighted by Gasteiger charge is 2.69. The number of hydrogen-bond acceptors (Lipinski definition) is 4. The summed E-state index contributed by atoms with van der Waals surface area (Å²) in [5, 5.41) is 1.97. The van der Waals surface area contributed by atoms with Crippen LogP contribution in [0.2, 0.25) is 0 Å². The van der Waals surface area contributed by atoms with Crippen LogP contribution in [0, 0.1) is 5.92 Å². The van der Waals surface area contributed by atoms with E-state index < -0.39 is 29.6 Å². The first-order valence-electron chi connectivity index (χ1n) is 10.1. The van der Waals surface area contributed by atoms with Gasteiger partial charge in [-0.2, -0.15) is 13.2 Å². The number of para-hydroxylation sites is 1. The van der Waals surface area contributed by atoms with E-state index in [1.165, 1.54) is 18.2 Å². The van der Waals surface area contributed by atoms with Gasteiger partial charge in [0.25, 0.3) is 17.5 Å². The van der Waals surface area contributed by atoms with Crippen molar-refractivity contribution in [3.05, 3.63) is 23.8 Å². The fourth-order valence-electron chi connectivity index (χ4n) is 4.60. The third-order valence-corrected chi connectivity index (χ3v) is 6.17. The topological polar surface area (TPSA) is 110 Å². The average molecular weight is 437 g/mol. The van der Waals surface area contributed by atoms with Crippen molar-refractivity contribution in [2.45, 2.75) is 50.4 Å². The van der Waals surface area contributed by atoms with Gasteiger partial charge in [-0.05, 0) is 24.5 Å². The van der Waals surface area contributed by atoms with Gasteiger partial charge >= 0.3 is 6.18 Å². The molecule has 4 rings (SSSR count). The van der Waals surface area contributed by atoms with Gasteiger partial charge in [-0.3, -0.25) is 23.9 Å². The van der Waals surface area contributed by atoms with Crippen LogP contribution in [0.3, 0.4) is 0 Å². The van der Waals surface area contributed by atoms with Crippen LogP contribution in [0.5, 0.6) is 0 Å². The molecule has 0 bridgehead atoms. The summed E-state index contributed by atoms with van der Waals surface area (Å²) in [6.45, 7) is 0. The second kappa shape index (κ2) is 7.24. The number of aromatic nitrogens is 2. The molecule has 0 radical (unpaired) electrons. The Morgan fingerprint density at radius 2 is 1.97 bits per heavy atom. The molecule has 1 aliphatic carbocycles. The molecule has 2 heterocycles. The van der Waals surface area contributed by atoms with E-state index in [0.29, 0.717) is 16.9 Å². The fraction of sp³-hybridized carbons (Fsp3) is 0.500. The third kappa shape index (κ3) is 3.14. The number of benzene rings is 1. The van der Waals surface area contributed by atoms with Crippen LogP contribution in [0.15, 0.2) is 18.2 Å². The van der Waals surface area contributed by atoms with E-state index in [0.717, 1.165) is 37.6 Å². The lowest BCUT2D eigenvalue weighted by molar-refractivity contribution is -0.218. The van der Waals surface area contributed by atoms with Crippen LogP contribution in [0.4, 0.5) is 19.1 Å². The number of primary amides is 1. The molecule has 1 saturated carbocycles. The maximum Gasteiger partial charge on any atom is 0.440 e. The summed E-state index contributed by atoms with van der Waals surface area (Å²) in [7, 11) is 1.14. The number of hydrogen-bond donors (Lipinski definition) is 2. The summed E-state index contributed by atoms with van der Waals surface area (Å²) in [5.41, 5.74) is 1.70. The molecule has 11 heteroatoms. The molecule has 0 spiro atoms. The molecule has 1 unspecified atom stereocenters. The molecule has 8 nitrogen and oxygen atoms in total. The van der Waals surface area contributed by atoms with Crippen LogP contribution in [0.1, 0.15) is 48.9 Å². The largest absolute Gasteiger partial charge is 0.440 e. The van der Waals surface area contributed by atoms with E-state index in [-0.39, 0.29) is 29.0 Å². The summed E-state index contributed by atoms with van der Waals surface area (Å²) in [5.74, 6) is -3.14. The number of alkyl halides is 3. The Morgan fingerprint density at radius 1 is 1.29 bits per heavy atom.